The lowest BCUT2D eigenvalue weighted by atomic mass is 9.84. The maximum Gasteiger partial charge on any atom is 0.394 e. The van der Waals surface area contributed by atoms with Crippen molar-refractivity contribution in [2.45, 2.75) is 46.3 Å². The smallest absolute Gasteiger partial charge is 0.394 e. The van der Waals surface area contributed by atoms with Crippen LogP contribution in [0, 0.1) is 5.41 Å². The van der Waals surface area contributed by atoms with Gasteiger partial charge >= 0.3 is 6.18 Å². The number of aryl methyl sites for hydroxylation is 1. The monoisotopic (exact) mass is 418 g/mol. The Hall–Kier alpha value is -1.73. The molecule has 0 atom stereocenters. The Balaban J connectivity index is 2.49. The first kappa shape index (κ1) is 22.6. The van der Waals surface area contributed by atoms with Gasteiger partial charge in [0.05, 0.1) is 42.1 Å². The van der Waals surface area contributed by atoms with Crippen molar-refractivity contribution < 1.29 is 22.6 Å². The van der Waals surface area contributed by atoms with E-state index in [-0.39, 0.29) is 6.42 Å². The van der Waals surface area contributed by atoms with Crippen LogP contribution in [-0.4, -0.2) is 36.8 Å². The number of alkyl halides is 3. The zero-order valence-electron chi connectivity index (χ0n) is 16.8. The summed E-state index contributed by atoms with van der Waals surface area (Å²) in [6.07, 6.45) is -3.78. The molecule has 4 nitrogen and oxygen atoms in total. The summed E-state index contributed by atoms with van der Waals surface area (Å²) < 4.78 is 52.1. The predicted octanol–water partition coefficient (Wildman–Crippen LogP) is 5.55. The molecule has 0 saturated heterocycles. The molecule has 156 valence electrons. The number of hydrogen-bond donors (Lipinski definition) is 0. The van der Waals surface area contributed by atoms with Crippen LogP contribution in [0.4, 0.5) is 13.2 Å². The average Bonchev–Trinajstić information content (AvgIpc) is 2.94. The molecular weight excluding hydrogens is 393 g/mol. The summed E-state index contributed by atoms with van der Waals surface area (Å²) in [6.45, 7) is 5.29. The summed E-state index contributed by atoms with van der Waals surface area (Å²) in [5, 5.41) is 5.05. The van der Waals surface area contributed by atoms with Crippen LogP contribution in [0.2, 0.25) is 5.02 Å². The third-order valence-corrected chi connectivity index (χ3v) is 5.13. The highest BCUT2D eigenvalue weighted by atomic mass is 35.5. The molecular formula is C20H26ClF3N2O2. The van der Waals surface area contributed by atoms with Gasteiger partial charge in [-0.25, -0.2) is 0 Å². The highest BCUT2D eigenvalue weighted by Crippen LogP contribution is 2.42. The number of rotatable bonds is 8. The van der Waals surface area contributed by atoms with Gasteiger partial charge in [0.1, 0.15) is 5.75 Å². The van der Waals surface area contributed by atoms with Crippen LogP contribution in [0.25, 0.3) is 11.3 Å². The third kappa shape index (κ3) is 4.63. The van der Waals surface area contributed by atoms with Gasteiger partial charge in [-0.1, -0.05) is 38.4 Å². The molecule has 1 aromatic carbocycles. The molecule has 0 aliphatic rings. The van der Waals surface area contributed by atoms with Gasteiger partial charge in [-0.15, -0.1) is 0 Å². The van der Waals surface area contributed by atoms with Gasteiger partial charge in [0.2, 0.25) is 0 Å². The second-order valence-corrected chi connectivity index (χ2v) is 7.65. The number of nitrogens with zero attached hydrogens (tertiary/aromatic N) is 2. The predicted molar refractivity (Wildman–Crippen MR) is 104 cm³/mol. The van der Waals surface area contributed by atoms with Gasteiger partial charge in [-0.3, -0.25) is 4.68 Å². The van der Waals surface area contributed by atoms with E-state index >= 15 is 0 Å². The van der Waals surface area contributed by atoms with Crippen LogP contribution in [0.3, 0.4) is 0 Å². The minimum Gasteiger partial charge on any atom is -0.496 e. The van der Waals surface area contributed by atoms with Crippen molar-refractivity contribution in [1.29, 1.82) is 0 Å². The number of methoxy groups -OCH3 is 2. The van der Waals surface area contributed by atoms with Gasteiger partial charge in [-0.2, -0.15) is 18.3 Å². The minimum atomic E-state index is -4.29. The molecule has 0 aliphatic carbocycles. The van der Waals surface area contributed by atoms with Gasteiger partial charge in [0.25, 0.3) is 0 Å². The molecule has 0 aliphatic heterocycles. The zero-order valence-corrected chi connectivity index (χ0v) is 17.5. The van der Waals surface area contributed by atoms with E-state index in [2.05, 4.69) is 5.10 Å². The van der Waals surface area contributed by atoms with E-state index in [4.69, 9.17) is 21.1 Å². The molecule has 0 bridgehead atoms. The second-order valence-electron chi connectivity index (χ2n) is 7.27. The van der Waals surface area contributed by atoms with E-state index < -0.39 is 11.6 Å². The number of hydrogen-bond acceptors (Lipinski definition) is 3. The van der Waals surface area contributed by atoms with Crippen molar-refractivity contribution in [3.05, 3.63) is 34.5 Å². The molecule has 0 N–H and O–H groups in total. The topological polar surface area (TPSA) is 36.3 Å². The lowest BCUT2D eigenvalue weighted by Gasteiger charge is -2.28. The highest BCUT2D eigenvalue weighted by Gasteiger charge is 2.47. The fourth-order valence-corrected chi connectivity index (χ4v) is 3.33. The van der Waals surface area contributed by atoms with Gasteiger partial charge in [0, 0.05) is 12.7 Å². The molecule has 2 rings (SSSR count). The summed E-state index contributed by atoms with van der Waals surface area (Å²) in [5.74, 6) is 0.457. The molecule has 1 aromatic heterocycles. The quantitative estimate of drug-likeness (QED) is 0.563. The largest absolute Gasteiger partial charge is 0.496 e. The Kier molecular flexibility index (Phi) is 7.04. The first-order valence-corrected chi connectivity index (χ1v) is 9.41. The van der Waals surface area contributed by atoms with Crippen molar-refractivity contribution in [3.63, 3.8) is 0 Å². The first-order valence-electron chi connectivity index (χ1n) is 9.03. The molecule has 0 spiro atoms. The number of aromatic nitrogens is 2. The molecule has 0 radical (unpaired) electrons. The Bertz CT molecular complexity index is 817. The fourth-order valence-electron chi connectivity index (χ4n) is 2.96. The van der Waals surface area contributed by atoms with E-state index in [0.717, 1.165) is 5.69 Å². The van der Waals surface area contributed by atoms with Crippen molar-refractivity contribution in [3.8, 4) is 17.0 Å². The molecule has 0 fully saturated rings. The number of benzene rings is 1. The SMILES string of the molecule is CCc1nn(CCOC)c(-c2ccc(CC(C)(C)C(F)(F)F)cc2OC)c1Cl. The van der Waals surface area contributed by atoms with Crippen LogP contribution in [0.15, 0.2) is 18.2 Å². The number of halogens is 4. The molecule has 0 saturated carbocycles. The van der Waals surface area contributed by atoms with E-state index in [9.17, 15) is 13.2 Å². The summed E-state index contributed by atoms with van der Waals surface area (Å²) in [7, 11) is 3.09. The normalized spacial score (nSPS) is 12.5. The molecule has 2 aromatic rings. The Morgan fingerprint density at radius 1 is 1.18 bits per heavy atom. The van der Waals surface area contributed by atoms with Gasteiger partial charge in [0.15, 0.2) is 0 Å². The van der Waals surface area contributed by atoms with Gasteiger partial charge < -0.3 is 9.47 Å². The van der Waals surface area contributed by atoms with Crippen LogP contribution in [-0.2, 0) is 24.1 Å². The Labute approximate surface area is 168 Å². The Morgan fingerprint density at radius 3 is 2.39 bits per heavy atom. The molecule has 0 unspecified atom stereocenters. The van der Waals surface area contributed by atoms with Gasteiger partial charge in [-0.05, 0) is 30.5 Å². The lowest BCUT2D eigenvalue weighted by Crippen LogP contribution is -2.34. The van der Waals surface area contributed by atoms with Crippen molar-refractivity contribution in [1.82, 2.24) is 9.78 Å². The number of ether oxygens (including phenoxy) is 2. The fraction of sp³-hybridized carbons (Fsp3) is 0.550. The van der Waals surface area contributed by atoms with E-state index in [0.29, 0.717) is 47.2 Å². The highest BCUT2D eigenvalue weighted by molar-refractivity contribution is 6.33. The summed E-state index contributed by atoms with van der Waals surface area (Å²) in [4.78, 5) is 0. The van der Waals surface area contributed by atoms with Crippen LogP contribution >= 0.6 is 11.6 Å². The van der Waals surface area contributed by atoms with E-state index in [1.165, 1.54) is 21.0 Å². The second kappa shape index (κ2) is 8.74. The minimum absolute atomic E-state index is 0.149. The maximum atomic E-state index is 13.2. The lowest BCUT2D eigenvalue weighted by molar-refractivity contribution is -0.211. The van der Waals surface area contributed by atoms with Crippen LogP contribution in [0.5, 0.6) is 5.75 Å². The average molecular weight is 419 g/mol. The standard InChI is InChI=1S/C20H26ClF3N2O2/c1-6-15-17(21)18(26(25-15)9-10-27-4)14-8-7-13(11-16(14)28-5)12-19(2,3)20(22,23)24/h7-8,11H,6,9-10,12H2,1-5H3. The molecule has 28 heavy (non-hydrogen) atoms. The third-order valence-electron chi connectivity index (χ3n) is 4.74. The maximum absolute atomic E-state index is 13.2. The Morgan fingerprint density at radius 2 is 1.86 bits per heavy atom. The summed E-state index contributed by atoms with van der Waals surface area (Å²) in [5.41, 5.74) is 0.806. The van der Waals surface area contributed by atoms with E-state index in [1.54, 1.807) is 30.0 Å². The molecule has 1 heterocycles. The van der Waals surface area contributed by atoms with Crippen molar-refractivity contribution in [2.24, 2.45) is 5.41 Å². The van der Waals surface area contributed by atoms with E-state index in [1.807, 2.05) is 6.92 Å². The molecule has 0 amide bonds. The summed E-state index contributed by atoms with van der Waals surface area (Å²) in [6, 6.07) is 5.06. The van der Waals surface area contributed by atoms with Crippen LogP contribution in [0.1, 0.15) is 32.0 Å². The summed E-state index contributed by atoms with van der Waals surface area (Å²) >= 11 is 6.55. The van der Waals surface area contributed by atoms with Crippen molar-refractivity contribution in [2.75, 3.05) is 20.8 Å². The first-order chi connectivity index (χ1) is 13.1. The zero-order chi connectivity index (χ0) is 21.1. The van der Waals surface area contributed by atoms with Crippen LogP contribution < -0.4 is 4.74 Å². The molecule has 8 heteroatoms. The van der Waals surface area contributed by atoms with Crippen molar-refractivity contribution >= 4 is 11.6 Å².